The smallest absolute Gasteiger partial charge is 0.268 e. The Kier molecular flexibility index (Phi) is 4.15. The molecule has 15 heavy (non-hydrogen) atoms. The Labute approximate surface area is 98.9 Å². The van der Waals surface area contributed by atoms with E-state index in [2.05, 4.69) is 0 Å². The molecule has 0 aromatic heterocycles. The quantitative estimate of drug-likeness (QED) is 0.573. The van der Waals surface area contributed by atoms with E-state index >= 15 is 0 Å². The second-order valence-corrected chi connectivity index (χ2v) is 6.01. The van der Waals surface area contributed by atoms with E-state index in [4.69, 9.17) is 22.2 Å². The van der Waals surface area contributed by atoms with Crippen LogP contribution in [0.2, 0.25) is 0 Å². The van der Waals surface area contributed by atoms with Crippen LogP contribution in [0.1, 0.15) is 10.4 Å². The van der Waals surface area contributed by atoms with Gasteiger partial charge < -0.3 is 0 Å². The molecule has 1 aromatic carbocycles. The number of amides is 1. The van der Waals surface area contributed by atoms with E-state index in [1.54, 1.807) is 12.1 Å². The molecule has 1 aromatic rings. The van der Waals surface area contributed by atoms with E-state index < -0.39 is 15.9 Å². The molecule has 0 fully saturated rings. The summed E-state index contributed by atoms with van der Waals surface area (Å²) in [6.07, 6.45) is 0. The Morgan fingerprint density at radius 1 is 1.20 bits per heavy atom. The maximum absolute atomic E-state index is 11.1. The minimum Gasteiger partial charge on any atom is -0.268 e. The lowest BCUT2D eigenvalue weighted by Crippen LogP contribution is -2.20. The first kappa shape index (κ1) is 12.5. The highest BCUT2D eigenvalue weighted by Gasteiger charge is 2.31. The zero-order valence-corrected chi connectivity index (χ0v) is 10.5. The van der Waals surface area contributed by atoms with Gasteiger partial charge in [0, 0.05) is 0 Å². The zero-order chi connectivity index (χ0) is 11.5. The van der Waals surface area contributed by atoms with Crippen LogP contribution in [0.4, 0.5) is 0 Å². The van der Waals surface area contributed by atoms with Crippen LogP contribution in [0.3, 0.4) is 0 Å². The highest BCUT2D eigenvalue weighted by atomic mass is 35.7. The predicted molar refractivity (Wildman–Crippen MR) is 58.6 cm³/mol. The molecule has 4 nitrogen and oxygen atoms in total. The summed E-state index contributed by atoms with van der Waals surface area (Å²) >= 11 is 9.58. The van der Waals surface area contributed by atoms with Crippen molar-refractivity contribution in [3.05, 3.63) is 29.8 Å². The number of carbonyl (C=O) groups is 1. The third-order valence-corrected chi connectivity index (χ3v) is 3.04. The van der Waals surface area contributed by atoms with E-state index in [0.29, 0.717) is 0 Å². The van der Waals surface area contributed by atoms with Crippen molar-refractivity contribution in [2.24, 2.45) is 0 Å². The topological polar surface area (TPSA) is 63.2 Å². The minimum absolute atomic E-state index is 0.0278. The summed E-state index contributed by atoms with van der Waals surface area (Å²) in [5, 5.41) is 0. The number of sulfonamides is 1. The van der Waals surface area contributed by atoms with Gasteiger partial charge in [0.15, 0.2) is 0 Å². The second-order valence-electron chi connectivity index (χ2n) is 2.50. The first-order valence-corrected chi connectivity index (χ1v) is 8.16. The lowest BCUT2D eigenvalue weighted by molar-refractivity contribution is 0.0985. The first-order chi connectivity index (χ1) is 7.03. The molecule has 1 aliphatic heterocycles. The molecular weight excluding hydrogens is 277 g/mol. The second kappa shape index (κ2) is 4.98. The molecule has 80 valence electrons. The van der Waals surface area contributed by atoms with Gasteiger partial charge in [-0.05, 0) is 12.1 Å². The molecule has 0 spiro atoms. The van der Waals surface area contributed by atoms with Gasteiger partial charge in [-0.3, -0.25) is 4.79 Å². The molecule has 0 bridgehead atoms. The monoisotopic (exact) mass is 281 g/mol. The molecular formula is C7H5Cl2NO3SSi. The summed E-state index contributed by atoms with van der Waals surface area (Å²) < 4.78 is 24.2. The van der Waals surface area contributed by atoms with Gasteiger partial charge in [0.25, 0.3) is 24.1 Å². The molecule has 1 amide bonds. The first-order valence-electron chi connectivity index (χ1n) is 3.65. The zero-order valence-electron chi connectivity index (χ0n) is 7.20. The van der Waals surface area contributed by atoms with Crippen LogP contribution in [0, 0.1) is 0 Å². The standard InChI is InChI=1S/C7H5NO3S.Cl2Si/c9-7-5-3-1-2-4-6(5)12(10,11)8-7;1-3-2/h1-4H,(H,8,9);. The number of hydrogen-bond acceptors (Lipinski definition) is 3. The fourth-order valence-electron chi connectivity index (χ4n) is 1.12. The molecule has 0 atom stereocenters. The van der Waals surface area contributed by atoms with Gasteiger partial charge in [-0.2, -0.15) is 0 Å². The van der Waals surface area contributed by atoms with Gasteiger partial charge in [0.05, 0.1) is 5.56 Å². The summed E-state index contributed by atoms with van der Waals surface area (Å²) in [4.78, 5) is 11.1. The molecule has 2 rings (SSSR count). The summed E-state index contributed by atoms with van der Waals surface area (Å²) in [5.41, 5.74) is 0.220. The van der Waals surface area contributed by atoms with Crippen molar-refractivity contribution < 1.29 is 13.2 Å². The van der Waals surface area contributed by atoms with Crippen molar-refractivity contribution in [1.29, 1.82) is 0 Å². The summed E-state index contributed by atoms with van der Waals surface area (Å²) in [7, 11) is -3.53. The highest BCUT2D eigenvalue weighted by molar-refractivity contribution is 7.90. The van der Waals surface area contributed by atoms with Crippen LogP contribution < -0.4 is 4.72 Å². The Morgan fingerprint density at radius 3 is 2.27 bits per heavy atom. The third kappa shape index (κ3) is 2.72. The van der Waals surface area contributed by atoms with Crippen LogP contribution in [-0.4, -0.2) is 22.5 Å². The number of hydrogen-bond donors (Lipinski definition) is 1. The molecule has 2 radical (unpaired) electrons. The average molecular weight is 282 g/mol. The van der Waals surface area contributed by atoms with Crippen molar-refractivity contribution in [3.63, 3.8) is 0 Å². The lowest BCUT2D eigenvalue weighted by Gasteiger charge is -1.91. The molecule has 8 heteroatoms. The molecule has 1 N–H and O–H groups in total. The van der Waals surface area contributed by atoms with E-state index in [1.807, 2.05) is 4.72 Å². The van der Waals surface area contributed by atoms with Crippen molar-refractivity contribution in [3.8, 4) is 0 Å². The van der Waals surface area contributed by atoms with Crippen LogP contribution in [0.5, 0.6) is 0 Å². The fourth-order valence-corrected chi connectivity index (χ4v) is 2.29. The molecule has 1 aliphatic rings. The molecule has 0 saturated heterocycles. The van der Waals surface area contributed by atoms with Gasteiger partial charge >= 0.3 is 0 Å². The van der Waals surface area contributed by atoms with Gasteiger partial charge in [-0.25, -0.2) is 13.1 Å². The third-order valence-electron chi connectivity index (χ3n) is 1.65. The van der Waals surface area contributed by atoms with Crippen molar-refractivity contribution >= 4 is 46.2 Å². The normalized spacial score (nSPS) is 16.0. The fraction of sp³-hybridized carbons (Fsp3) is 0. The van der Waals surface area contributed by atoms with Crippen molar-refractivity contribution in [2.75, 3.05) is 0 Å². The summed E-state index contributed by atoms with van der Waals surface area (Å²) in [5.74, 6) is -0.550. The minimum atomic E-state index is -3.55. The van der Waals surface area contributed by atoms with Crippen molar-refractivity contribution in [1.82, 2.24) is 4.72 Å². The number of benzene rings is 1. The Balaban J connectivity index is 0.000000337. The number of nitrogens with one attached hydrogen (secondary N) is 1. The van der Waals surface area contributed by atoms with Gasteiger partial charge in [0.2, 0.25) is 0 Å². The molecule has 1 heterocycles. The van der Waals surface area contributed by atoms with Gasteiger partial charge in [-0.1, -0.05) is 12.1 Å². The maximum atomic E-state index is 11.1. The van der Waals surface area contributed by atoms with E-state index in [1.165, 1.54) is 12.1 Å². The molecule has 0 aliphatic carbocycles. The molecule has 0 saturated carbocycles. The summed E-state index contributed by atoms with van der Waals surface area (Å²) in [6, 6.07) is 6.09. The Morgan fingerprint density at radius 2 is 1.73 bits per heavy atom. The van der Waals surface area contributed by atoms with Crippen LogP contribution in [-0.2, 0) is 10.0 Å². The number of rotatable bonds is 0. The van der Waals surface area contributed by atoms with E-state index in [0.717, 1.165) is 0 Å². The SMILES string of the molecule is Cl[Si]Cl.O=C1NS(=O)(=O)c2ccccc21. The average Bonchev–Trinajstić information content (AvgIpc) is 2.40. The Hall–Kier alpha value is -0.563. The maximum Gasteiger partial charge on any atom is 0.295 e. The van der Waals surface area contributed by atoms with E-state index in [-0.39, 0.29) is 18.6 Å². The number of fused-ring (bicyclic) bond motifs is 1. The predicted octanol–water partition coefficient (Wildman–Crippen LogP) is 1.12. The lowest BCUT2D eigenvalue weighted by atomic mass is 10.2. The van der Waals surface area contributed by atoms with E-state index in [9.17, 15) is 13.2 Å². The summed E-state index contributed by atoms with van der Waals surface area (Å²) in [6.45, 7) is 0. The number of halogens is 2. The van der Waals surface area contributed by atoms with Crippen LogP contribution in [0.25, 0.3) is 0 Å². The Bertz CT molecular complexity index is 477. The highest BCUT2D eigenvalue weighted by Crippen LogP contribution is 2.20. The van der Waals surface area contributed by atoms with Gasteiger partial charge in [-0.15, -0.1) is 22.2 Å². The largest absolute Gasteiger partial charge is 0.295 e. The van der Waals surface area contributed by atoms with Crippen LogP contribution in [0.15, 0.2) is 29.2 Å². The van der Waals surface area contributed by atoms with Gasteiger partial charge in [0.1, 0.15) is 4.90 Å². The van der Waals surface area contributed by atoms with Crippen molar-refractivity contribution in [2.45, 2.75) is 4.90 Å². The number of carbonyl (C=O) groups excluding carboxylic acids is 1. The van der Waals surface area contributed by atoms with Crippen LogP contribution >= 0.6 is 22.2 Å². The molecule has 0 unspecified atom stereocenters.